The zero-order valence-electron chi connectivity index (χ0n) is 17.3. The van der Waals surface area contributed by atoms with Crippen molar-refractivity contribution in [3.8, 4) is 0 Å². The zero-order chi connectivity index (χ0) is 20.2. The normalized spacial score (nSPS) is 11.8. The second kappa shape index (κ2) is 7.94. The van der Waals surface area contributed by atoms with E-state index in [-0.39, 0.29) is 16.6 Å². The van der Waals surface area contributed by atoms with Crippen molar-refractivity contribution in [1.82, 2.24) is 9.97 Å². The summed E-state index contributed by atoms with van der Waals surface area (Å²) in [5.41, 5.74) is 2.16. The quantitative estimate of drug-likeness (QED) is 0.701. The van der Waals surface area contributed by atoms with Gasteiger partial charge in [0.15, 0.2) is 5.69 Å². The minimum Gasteiger partial charge on any atom is -0.464 e. The van der Waals surface area contributed by atoms with E-state index in [9.17, 15) is 4.79 Å². The van der Waals surface area contributed by atoms with Gasteiger partial charge in [-0.3, -0.25) is 0 Å². The Morgan fingerprint density at radius 3 is 2.26 bits per heavy atom. The molecular weight excluding hydrogens is 340 g/mol. The number of methoxy groups -OCH3 is 1. The molecule has 2 rings (SSSR count). The Labute approximate surface area is 161 Å². The van der Waals surface area contributed by atoms with E-state index in [1.54, 1.807) is 6.07 Å². The van der Waals surface area contributed by atoms with Gasteiger partial charge in [0.25, 0.3) is 0 Å². The Hall–Kier alpha value is -2.63. The van der Waals surface area contributed by atoms with Crippen LogP contribution >= 0.6 is 0 Å². The lowest BCUT2D eigenvalue weighted by Crippen LogP contribution is -2.36. The fraction of sp³-hybridized carbons (Fsp3) is 0.476. The first kappa shape index (κ1) is 20.7. The van der Waals surface area contributed by atoms with E-state index in [1.165, 1.54) is 7.11 Å². The Morgan fingerprint density at radius 2 is 1.70 bits per heavy atom. The van der Waals surface area contributed by atoms with Gasteiger partial charge in [0.2, 0.25) is 5.95 Å². The number of hydrogen-bond acceptors (Lipinski definition) is 6. The molecule has 0 atom stereocenters. The van der Waals surface area contributed by atoms with Gasteiger partial charge in [0, 0.05) is 17.3 Å². The van der Waals surface area contributed by atoms with Gasteiger partial charge in [-0.1, -0.05) is 38.5 Å². The maximum atomic E-state index is 12.0. The molecule has 1 heterocycles. The summed E-state index contributed by atoms with van der Waals surface area (Å²) in [7, 11) is 1.34. The van der Waals surface area contributed by atoms with Crippen molar-refractivity contribution in [2.24, 2.45) is 5.41 Å². The van der Waals surface area contributed by atoms with Gasteiger partial charge in [-0.2, -0.15) is 4.98 Å². The molecule has 0 saturated carbocycles. The Bertz CT molecular complexity index is 793. The van der Waals surface area contributed by atoms with Crippen LogP contribution in [0.5, 0.6) is 0 Å². The van der Waals surface area contributed by atoms with E-state index in [4.69, 9.17) is 4.74 Å². The van der Waals surface area contributed by atoms with Crippen LogP contribution in [0.1, 0.15) is 57.1 Å². The van der Waals surface area contributed by atoms with Crippen molar-refractivity contribution in [3.05, 3.63) is 41.6 Å². The number of nitrogens with one attached hydrogen (secondary N) is 2. The van der Waals surface area contributed by atoms with Crippen LogP contribution in [0, 0.1) is 12.3 Å². The SMILES string of the molecule is COC(=O)c1cc(NC(C)(C)CC(C)(C)C)nc(Nc2ccc(C)cc2)n1. The first-order valence-corrected chi connectivity index (χ1v) is 9.07. The lowest BCUT2D eigenvalue weighted by Gasteiger charge is -2.33. The number of hydrogen-bond donors (Lipinski definition) is 2. The van der Waals surface area contributed by atoms with Gasteiger partial charge < -0.3 is 15.4 Å². The molecule has 0 fully saturated rings. The number of carbonyl (C=O) groups excluding carboxylic acids is 1. The minimum absolute atomic E-state index is 0.150. The van der Waals surface area contributed by atoms with Gasteiger partial charge in [-0.05, 0) is 44.7 Å². The summed E-state index contributed by atoms with van der Waals surface area (Å²) >= 11 is 0. The highest BCUT2D eigenvalue weighted by atomic mass is 16.5. The summed E-state index contributed by atoms with van der Waals surface area (Å²) in [6.45, 7) is 12.8. The van der Waals surface area contributed by atoms with Gasteiger partial charge >= 0.3 is 5.97 Å². The molecule has 146 valence electrons. The van der Waals surface area contributed by atoms with E-state index < -0.39 is 5.97 Å². The number of carbonyl (C=O) groups is 1. The fourth-order valence-corrected chi connectivity index (χ4v) is 3.26. The van der Waals surface area contributed by atoms with Crippen molar-refractivity contribution in [2.75, 3.05) is 17.7 Å². The zero-order valence-corrected chi connectivity index (χ0v) is 17.3. The maximum Gasteiger partial charge on any atom is 0.356 e. The molecule has 0 saturated heterocycles. The summed E-state index contributed by atoms with van der Waals surface area (Å²) in [5.74, 6) is 0.422. The van der Waals surface area contributed by atoms with E-state index in [2.05, 4.69) is 55.2 Å². The highest BCUT2D eigenvalue weighted by molar-refractivity contribution is 5.88. The largest absolute Gasteiger partial charge is 0.464 e. The lowest BCUT2D eigenvalue weighted by molar-refractivity contribution is 0.0594. The summed E-state index contributed by atoms with van der Waals surface area (Å²) in [6.07, 6.45) is 0.929. The molecule has 0 unspecified atom stereocenters. The number of benzene rings is 1. The number of anilines is 3. The summed E-state index contributed by atoms with van der Waals surface area (Å²) in [4.78, 5) is 20.9. The Balaban J connectivity index is 2.33. The van der Waals surface area contributed by atoms with Gasteiger partial charge in [-0.15, -0.1) is 0 Å². The van der Waals surface area contributed by atoms with Crippen molar-refractivity contribution < 1.29 is 9.53 Å². The maximum absolute atomic E-state index is 12.0. The predicted molar refractivity (Wildman–Crippen MR) is 110 cm³/mol. The summed E-state index contributed by atoms with van der Waals surface area (Å²) in [6, 6.07) is 9.51. The molecule has 0 spiro atoms. The molecule has 0 radical (unpaired) electrons. The van der Waals surface area contributed by atoms with Crippen LogP contribution in [0.4, 0.5) is 17.5 Å². The molecule has 0 aliphatic heterocycles. The van der Waals surface area contributed by atoms with Crippen LogP contribution in [-0.2, 0) is 4.74 Å². The highest BCUT2D eigenvalue weighted by Gasteiger charge is 2.26. The predicted octanol–water partition coefficient (Wildman–Crippen LogP) is 4.94. The lowest BCUT2D eigenvalue weighted by atomic mass is 9.82. The molecule has 0 aliphatic carbocycles. The molecular formula is C21H30N4O2. The standard InChI is InChI=1S/C21H30N4O2/c1-14-8-10-15(11-9-14)22-19-23-16(18(26)27-7)12-17(24-19)25-21(5,6)13-20(2,3)4/h8-12H,13H2,1-7H3,(H2,22,23,24,25). The molecule has 27 heavy (non-hydrogen) atoms. The topological polar surface area (TPSA) is 76.1 Å². The molecule has 1 aromatic carbocycles. The molecule has 0 bridgehead atoms. The van der Waals surface area contributed by atoms with Crippen LogP contribution in [0.15, 0.2) is 30.3 Å². The Morgan fingerprint density at radius 1 is 1.07 bits per heavy atom. The summed E-state index contributed by atoms with van der Waals surface area (Å²) in [5, 5.41) is 6.59. The smallest absolute Gasteiger partial charge is 0.356 e. The average molecular weight is 370 g/mol. The number of aromatic nitrogens is 2. The van der Waals surface area contributed by atoms with Crippen molar-refractivity contribution in [3.63, 3.8) is 0 Å². The number of rotatable bonds is 6. The third-order valence-electron chi connectivity index (χ3n) is 3.87. The van der Waals surface area contributed by atoms with E-state index in [0.717, 1.165) is 17.7 Å². The van der Waals surface area contributed by atoms with E-state index >= 15 is 0 Å². The van der Waals surface area contributed by atoms with Crippen LogP contribution in [0.2, 0.25) is 0 Å². The van der Waals surface area contributed by atoms with Crippen molar-refractivity contribution in [2.45, 2.75) is 53.5 Å². The van der Waals surface area contributed by atoms with Crippen LogP contribution in [0.3, 0.4) is 0 Å². The molecule has 2 N–H and O–H groups in total. The van der Waals surface area contributed by atoms with Gasteiger partial charge in [0.05, 0.1) is 7.11 Å². The number of esters is 1. The fourth-order valence-electron chi connectivity index (χ4n) is 3.26. The molecule has 0 amide bonds. The highest BCUT2D eigenvalue weighted by Crippen LogP contribution is 2.29. The van der Waals surface area contributed by atoms with Crippen molar-refractivity contribution in [1.29, 1.82) is 0 Å². The Kier molecular flexibility index (Phi) is 6.08. The van der Waals surface area contributed by atoms with E-state index in [0.29, 0.717) is 11.8 Å². The molecule has 6 heteroatoms. The van der Waals surface area contributed by atoms with Crippen LogP contribution < -0.4 is 10.6 Å². The number of nitrogens with zero attached hydrogens (tertiary/aromatic N) is 2. The molecule has 2 aromatic rings. The van der Waals surface area contributed by atoms with E-state index in [1.807, 2.05) is 31.2 Å². The third-order valence-corrected chi connectivity index (χ3v) is 3.87. The number of aryl methyl sites for hydroxylation is 1. The molecule has 6 nitrogen and oxygen atoms in total. The molecule has 1 aromatic heterocycles. The average Bonchev–Trinajstić information content (AvgIpc) is 2.53. The second-order valence-corrected chi connectivity index (χ2v) is 8.69. The number of ether oxygens (including phenoxy) is 1. The first-order valence-electron chi connectivity index (χ1n) is 9.07. The molecule has 0 aliphatic rings. The second-order valence-electron chi connectivity index (χ2n) is 8.69. The third kappa shape index (κ3) is 6.55. The minimum atomic E-state index is -0.499. The first-order chi connectivity index (χ1) is 12.5. The van der Waals surface area contributed by atoms with Crippen LogP contribution in [0.25, 0.3) is 0 Å². The van der Waals surface area contributed by atoms with Crippen molar-refractivity contribution >= 4 is 23.4 Å². The van der Waals surface area contributed by atoms with Gasteiger partial charge in [0.1, 0.15) is 5.82 Å². The van der Waals surface area contributed by atoms with Gasteiger partial charge in [-0.25, -0.2) is 9.78 Å². The monoisotopic (exact) mass is 370 g/mol. The summed E-state index contributed by atoms with van der Waals surface area (Å²) < 4.78 is 4.84. The van der Waals surface area contributed by atoms with Crippen LogP contribution in [-0.4, -0.2) is 28.6 Å².